The van der Waals surface area contributed by atoms with E-state index in [4.69, 9.17) is 0 Å². The minimum absolute atomic E-state index is 0.0106. The van der Waals surface area contributed by atoms with Crippen molar-refractivity contribution >= 4 is 5.91 Å². The number of hydrogen-bond donors (Lipinski definition) is 3. The summed E-state index contributed by atoms with van der Waals surface area (Å²) in [6.07, 6.45) is 0. The van der Waals surface area contributed by atoms with E-state index < -0.39 is 6.04 Å². The monoisotopic (exact) mass is 314 g/mol. The highest BCUT2D eigenvalue weighted by atomic mass is 16.3. The molecule has 122 valence electrons. The number of carbonyl (C=O) groups excluding carboxylic acids is 1. The third-order valence-electron chi connectivity index (χ3n) is 3.64. The van der Waals surface area contributed by atoms with E-state index in [1.165, 1.54) is 12.1 Å². The highest BCUT2D eigenvalue weighted by Crippen LogP contribution is 2.23. The van der Waals surface area contributed by atoms with E-state index in [2.05, 4.69) is 5.32 Å². The Kier molecular flexibility index (Phi) is 5.24. The van der Waals surface area contributed by atoms with Crippen LogP contribution in [-0.4, -0.2) is 35.1 Å². The van der Waals surface area contributed by atoms with Gasteiger partial charge in [-0.15, -0.1) is 0 Å². The number of aryl methyl sites for hydroxylation is 1. The van der Waals surface area contributed by atoms with Crippen molar-refractivity contribution in [3.05, 3.63) is 59.2 Å². The predicted octanol–water partition coefficient (Wildman–Crippen LogP) is 2.33. The Hall–Kier alpha value is -2.53. The van der Waals surface area contributed by atoms with Gasteiger partial charge in [0.2, 0.25) is 5.91 Å². The first-order chi connectivity index (χ1) is 10.9. The molecular weight excluding hydrogens is 292 g/mol. The highest BCUT2D eigenvalue weighted by Gasteiger charge is 2.22. The van der Waals surface area contributed by atoms with Crippen molar-refractivity contribution in [2.75, 3.05) is 14.1 Å². The standard InChI is InChI=1S/C18H22N2O3/c1-12-5-4-6-13(9-12)17(20(2)3)18(23)19-11-14-7-8-15(21)10-16(14)22/h4-10,17,21-22H,11H2,1-3H3,(H,19,23)/t17-/m0/s1. The van der Waals surface area contributed by atoms with Crippen LogP contribution < -0.4 is 5.32 Å². The van der Waals surface area contributed by atoms with E-state index in [1.54, 1.807) is 6.07 Å². The number of aromatic hydroxyl groups is 2. The zero-order chi connectivity index (χ0) is 17.0. The number of nitrogens with one attached hydrogen (secondary N) is 1. The lowest BCUT2D eigenvalue weighted by molar-refractivity contribution is -0.125. The zero-order valence-electron chi connectivity index (χ0n) is 13.6. The summed E-state index contributed by atoms with van der Waals surface area (Å²) >= 11 is 0. The second-order valence-electron chi connectivity index (χ2n) is 5.81. The second-order valence-corrected chi connectivity index (χ2v) is 5.81. The number of carbonyl (C=O) groups is 1. The topological polar surface area (TPSA) is 72.8 Å². The first-order valence-electron chi connectivity index (χ1n) is 7.40. The third kappa shape index (κ3) is 4.23. The molecule has 1 atom stereocenters. The summed E-state index contributed by atoms with van der Waals surface area (Å²) in [4.78, 5) is 14.4. The fourth-order valence-electron chi connectivity index (χ4n) is 2.50. The number of hydrogen-bond acceptors (Lipinski definition) is 4. The van der Waals surface area contributed by atoms with Crippen molar-refractivity contribution in [1.29, 1.82) is 0 Å². The molecule has 1 amide bonds. The molecule has 0 saturated heterocycles. The van der Waals surface area contributed by atoms with Crippen molar-refractivity contribution in [2.45, 2.75) is 19.5 Å². The molecule has 2 aromatic carbocycles. The smallest absolute Gasteiger partial charge is 0.242 e. The van der Waals surface area contributed by atoms with Crippen LogP contribution in [0.3, 0.4) is 0 Å². The molecule has 0 aromatic heterocycles. The van der Waals surface area contributed by atoms with Crippen molar-refractivity contribution in [3.8, 4) is 11.5 Å². The summed E-state index contributed by atoms with van der Waals surface area (Å²) in [7, 11) is 3.70. The van der Waals surface area contributed by atoms with Gasteiger partial charge in [-0.2, -0.15) is 0 Å². The van der Waals surface area contributed by atoms with Gasteiger partial charge in [-0.1, -0.05) is 29.8 Å². The first-order valence-corrected chi connectivity index (χ1v) is 7.40. The third-order valence-corrected chi connectivity index (χ3v) is 3.64. The van der Waals surface area contributed by atoms with Crippen LogP contribution >= 0.6 is 0 Å². The van der Waals surface area contributed by atoms with E-state index in [-0.39, 0.29) is 24.0 Å². The number of benzene rings is 2. The van der Waals surface area contributed by atoms with Crippen LogP contribution in [0.1, 0.15) is 22.7 Å². The van der Waals surface area contributed by atoms with Crippen LogP contribution in [0.25, 0.3) is 0 Å². The Morgan fingerprint density at radius 3 is 2.52 bits per heavy atom. The maximum Gasteiger partial charge on any atom is 0.242 e. The van der Waals surface area contributed by atoms with E-state index >= 15 is 0 Å². The minimum atomic E-state index is -0.408. The number of phenols is 2. The summed E-state index contributed by atoms with van der Waals surface area (Å²) < 4.78 is 0. The number of phenolic OH excluding ortho intramolecular Hbond substituents is 2. The Morgan fingerprint density at radius 1 is 1.17 bits per heavy atom. The zero-order valence-corrected chi connectivity index (χ0v) is 13.6. The van der Waals surface area contributed by atoms with Gasteiger partial charge in [0.05, 0.1) is 0 Å². The molecule has 0 spiro atoms. The van der Waals surface area contributed by atoms with Crippen molar-refractivity contribution < 1.29 is 15.0 Å². The predicted molar refractivity (Wildman–Crippen MR) is 89.2 cm³/mol. The average molecular weight is 314 g/mol. The Labute approximate surface area is 136 Å². The van der Waals surface area contributed by atoms with E-state index in [9.17, 15) is 15.0 Å². The largest absolute Gasteiger partial charge is 0.508 e. The molecule has 0 bridgehead atoms. The summed E-state index contributed by atoms with van der Waals surface area (Å²) in [6, 6.07) is 11.7. The molecule has 0 aliphatic rings. The molecule has 3 N–H and O–H groups in total. The summed E-state index contributed by atoms with van der Waals surface area (Å²) in [5, 5.41) is 21.9. The molecule has 23 heavy (non-hydrogen) atoms. The SMILES string of the molecule is Cc1cccc([C@@H](C(=O)NCc2ccc(O)cc2O)N(C)C)c1. The molecule has 2 rings (SSSR count). The Morgan fingerprint density at radius 2 is 1.91 bits per heavy atom. The molecule has 0 heterocycles. The van der Waals surface area contributed by atoms with E-state index in [0.29, 0.717) is 5.56 Å². The van der Waals surface area contributed by atoms with Gasteiger partial charge in [0.25, 0.3) is 0 Å². The molecule has 0 fully saturated rings. The number of nitrogens with zero attached hydrogens (tertiary/aromatic N) is 1. The van der Waals surface area contributed by atoms with Crippen LogP contribution in [-0.2, 0) is 11.3 Å². The van der Waals surface area contributed by atoms with Gasteiger partial charge in [0.15, 0.2) is 0 Å². The van der Waals surface area contributed by atoms with E-state index in [0.717, 1.165) is 11.1 Å². The normalized spacial score (nSPS) is 12.2. The lowest BCUT2D eigenvalue weighted by Crippen LogP contribution is -2.36. The summed E-state index contributed by atoms with van der Waals surface area (Å²) in [5.74, 6) is -0.196. The lowest BCUT2D eigenvalue weighted by Gasteiger charge is -2.24. The van der Waals surface area contributed by atoms with Crippen LogP contribution in [0, 0.1) is 6.92 Å². The highest BCUT2D eigenvalue weighted by molar-refractivity contribution is 5.83. The maximum atomic E-state index is 12.6. The number of rotatable bonds is 5. The minimum Gasteiger partial charge on any atom is -0.508 e. The molecule has 0 aliphatic carbocycles. The van der Waals surface area contributed by atoms with E-state index in [1.807, 2.05) is 50.2 Å². The van der Waals surface area contributed by atoms with Crippen LogP contribution in [0.2, 0.25) is 0 Å². The van der Waals surface area contributed by atoms with Crippen LogP contribution in [0.4, 0.5) is 0 Å². The summed E-state index contributed by atoms with van der Waals surface area (Å²) in [6.45, 7) is 2.18. The van der Waals surface area contributed by atoms with Gasteiger partial charge in [0.1, 0.15) is 17.5 Å². The molecule has 5 nitrogen and oxygen atoms in total. The Bertz CT molecular complexity index is 698. The van der Waals surface area contributed by atoms with Crippen molar-refractivity contribution in [2.24, 2.45) is 0 Å². The van der Waals surface area contributed by atoms with Gasteiger partial charge in [-0.3, -0.25) is 9.69 Å². The molecular formula is C18H22N2O3. The van der Waals surface area contributed by atoms with Crippen molar-refractivity contribution in [3.63, 3.8) is 0 Å². The number of amides is 1. The molecule has 0 radical (unpaired) electrons. The average Bonchev–Trinajstić information content (AvgIpc) is 2.46. The Balaban J connectivity index is 2.13. The summed E-state index contributed by atoms with van der Waals surface area (Å²) in [5.41, 5.74) is 2.57. The molecule has 0 unspecified atom stereocenters. The van der Waals surface area contributed by atoms with Gasteiger partial charge in [-0.05, 0) is 38.7 Å². The lowest BCUT2D eigenvalue weighted by atomic mass is 10.0. The second kappa shape index (κ2) is 7.15. The number of likely N-dealkylation sites (N-methyl/N-ethyl adjacent to an activating group) is 1. The molecule has 0 aliphatic heterocycles. The molecule has 5 heteroatoms. The maximum absolute atomic E-state index is 12.6. The van der Waals surface area contributed by atoms with Crippen LogP contribution in [0.15, 0.2) is 42.5 Å². The van der Waals surface area contributed by atoms with Gasteiger partial charge in [0, 0.05) is 18.2 Å². The quantitative estimate of drug-likeness (QED) is 0.792. The van der Waals surface area contributed by atoms with Crippen LogP contribution in [0.5, 0.6) is 11.5 Å². The molecule has 0 saturated carbocycles. The first kappa shape index (κ1) is 16.8. The fourth-order valence-corrected chi connectivity index (χ4v) is 2.50. The van der Waals surface area contributed by atoms with Gasteiger partial charge >= 0.3 is 0 Å². The fraction of sp³-hybridized carbons (Fsp3) is 0.278. The van der Waals surface area contributed by atoms with Gasteiger partial charge in [-0.25, -0.2) is 0 Å². The molecule has 2 aromatic rings. The van der Waals surface area contributed by atoms with Crippen molar-refractivity contribution in [1.82, 2.24) is 10.2 Å². The van der Waals surface area contributed by atoms with Gasteiger partial charge < -0.3 is 15.5 Å².